The number of aliphatic carboxylic acids is 1. The number of carboxylic acid groups (broad SMARTS) is 1. The highest BCUT2D eigenvalue weighted by Crippen LogP contribution is 2.06. The van der Waals surface area contributed by atoms with Crippen molar-refractivity contribution in [1.29, 1.82) is 0 Å². The number of hydrogen-bond acceptors (Lipinski definition) is 4. The zero-order valence-electron chi connectivity index (χ0n) is 11.8. The second-order valence-electron chi connectivity index (χ2n) is 5.32. The van der Waals surface area contributed by atoms with E-state index in [1.54, 1.807) is 0 Å². The minimum absolute atomic E-state index is 0.0617. The first-order valence-corrected chi connectivity index (χ1v) is 6.61. The van der Waals surface area contributed by atoms with E-state index in [1.165, 1.54) is 0 Å². The van der Waals surface area contributed by atoms with Crippen molar-refractivity contribution in [3.8, 4) is 0 Å². The van der Waals surface area contributed by atoms with Gasteiger partial charge in [0.2, 0.25) is 0 Å². The van der Waals surface area contributed by atoms with E-state index in [2.05, 4.69) is 15.6 Å². The van der Waals surface area contributed by atoms with Crippen molar-refractivity contribution >= 4 is 12.0 Å². The molecule has 1 atom stereocenters. The standard InChI is InChI=1S/C12H24N4O3/c1-9(2)10(8-11(17)18)13-12(19)14-16-6-4-15(3)5-7-16/h9-10H,4-8H2,1-3H3,(H,17,18)(H2,13,14,19). The van der Waals surface area contributed by atoms with Crippen LogP contribution < -0.4 is 10.7 Å². The number of nitrogens with one attached hydrogen (secondary N) is 2. The summed E-state index contributed by atoms with van der Waals surface area (Å²) in [4.78, 5) is 24.7. The van der Waals surface area contributed by atoms with Gasteiger partial charge >= 0.3 is 12.0 Å². The molecule has 1 fully saturated rings. The SMILES string of the molecule is CC(C)C(CC(=O)O)NC(=O)NN1CCN(C)CC1. The van der Waals surface area contributed by atoms with Gasteiger partial charge in [0.05, 0.1) is 6.42 Å². The molecule has 7 nitrogen and oxygen atoms in total. The van der Waals surface area contributed by atoms with Gasteiger partial charge in [0.15, 0.2) is 0 Å². The first kappa shape index (κ1) is 15.7. The van der Waals surface area contributed by atoms with E-state index in [0.29, 0.717) is 0 Å². The Hall–Kier alpha value is -1.34. The van der Waals surface area contributed by atoms with Crippen molar-refractivity contribution in [2.24, 2.45) is 5.92 Å². The number of carboxylic acids is 1. The van der Waals surface area contributed by atoms with E-state index >= 15 is 0 Å². The number of carbonyl (C=O) groups is 2. The van der Waals surface area contributed by atoms with Gasteiger partial charge in [-0.05, 0) is 13.0 Å². The maximum Gasteiger partial charge on any atom is 0.329 e. The van der Waals surface area contributed by atoms with E-state index in [4.69, 9.17) is 5.11 Å². The zero-order chi connectivity index (χ0) is 14.4. The minimum atomic E-state index is -0.904. The Kier molecular flexibility index (Phi) is 6.04. The first-order valence-electron chi connectivity index (χ1n) is 6.61. The molecule has 0 aliphatic carbocycles. The van der Waals surface area contributed by atoms with E-state index in [0.717, 1.165) is 26.2 Å². The lowest BCUT2D eigenvalue weighted by Crippen LogP contribution is -2.56. The molecule has 110 valence electrons. The second-order valence-corrected chi connectivity index (χ2v) is 5.32. The lowest BCUT2D eigenvalue weighted by molar-refractivity contribution is -0.137. The van der Waals surface area contributed by atoms with Crippen LogP contribution in [0.2, 0.25) is 0 Å². The molecular weight excluding hydrogens is 248 g/mol. The predicted octanol–water partition coefficient (Wildman–Crippen LogP) is -0.0527. The zero-order valence-corrected chi connectivity index (χ0v) is 11.8. The molecule has 1 rings (SSSR count). The van der Waals surface area contributed by atoms with Crippen LogP contribution >= 0.6 is 0 Å². The Morgan fingerprint density at radius 1 is 1.21 bits per heavy atom. The minimum Gasteiger partial charge on any atom is -0.481 e. The highest BCUT2D eigenvalue weighted by Gasteiger charge is 2.21. The molecule has 0 bridgehead atoms. The summed E-state index contributed by atoms with van der Waals surface area (Å²) in [6.07, 6.45) is -0.0617. The Bertz CT molecular complexity index is 314. The lowest BCUT2D eigenvalue weighted by Gasteiger charge is -2.33. The molecule has 2 amide bonds. The van der Waals surface area contributed by atoms with E-state index in [-0.39, 0.29) is 24.4 Å². The van der Waals surface area contributed by atoms with Crippen molar-refractivity contribution in [2.75, 3.05) is 33.2 Å². The van der Waals surface area contributed by atoms with Gasteiger partial charge in [-0.25, -0.2) is 9.80 Å². The van der Waals surface area contributed by atoms with Gasteiger partial charge in [-0.3, -0.25) is 10.2 Å². The molecule has 7 heteroatoms. The molecule has 1 unspecified atom stereocenters. The van der Waals surface area contributed by atoms with Crippen molar-refractivity contribution in [3.63, 3.8) is 0 Å². The summed E-state index contributed by atoms with van der Waals surface area (Å²) in [5, 5.41) is 13.4. The Morgan fingerprint density at radius 2 is 1.79 bits per heavy atom. The average molecular weight is 272 g/mol. The second kappa shape index (κ2) is 7.30. The van der Waals surface area contributed by atoms with Crippen LogP contribution in [0.4, 0.5) is 4.79 Å². The number of hydrogen-bond donors (Lipinski definition) is 3. The molecule has 1 aliphatic heterocycles. The van der Waals surface area contributed by atoms with Gasteiger partial charge in [-0.2, -0.15) is 0 Å². The molecule has 1 heterocycles. The van der Waals surface area contributed by atoms with Gasteiger partial charge in [0.25, 0.3) is 0 Å². The normalized spacial score (nSPS) is 19.2. The summed E-state index contributed by atoms with van der Waals surface area (Å²) in [5.41, 5.74) is 2.76. The van der Waals surface area contributed by atoms with E-state index in [9.17, 15) is 9.59 Å². The number of urea groups is 1. The van der Waals surface area contributed by atoms with Crippen LogP contribution in [-0.4, -0.2) is 66.3 Å². The highest BCUT2D eigenvalue weighted by molar-refractivity contribution is 5.75. The molecule has 0 aromatic heterocycles. The monoisotopic (exact) mass is 272 g/mol. The number of hydrazine groups is 1. The van der Waals surface area contributed by atoms with Gasteiger partial charge in [-0.1, -0.05) is 13.8 Å². The van der Waals surface area contributed by atoms with E-state index < -0.39 is 5.97 Å². The van der Waals surface area contributed by atoms with Gasteiger partial charge in [0.1, 0.15) is 0 Å². The van der Waals surface area contributed by atoms with Crippen molar-refractivity contribution < 1.29 is 14.7 Å². The van der Waals surface area contributed by atoms with E-state index in [1.807, 2.05) is 25.9 Å². The fourth-order valence-corrected chi connectivity index (χ4v) is 1.90. The molecule has 0 aromatic carbocycles. The summed E-state index contributed by atoms with van der Waals surface area (Å²) < 4.78 is 0. The maximum atomic E-state index is 11.8. The fourth-order valence-electron chi connectivity index (χ4n) is 1.90. The predicted molar refractivity (Wildman–Crippen MR) is 71.6 cm³/mol. The van der Waals surface area contributed by atoms with Crippen LogP contribution in [0.1, 0.15) is 20.3 Å². The van der Waals surface area contributed by atoms with Crippen LogP contribution in [0.5, 0.6) is 0 Å². The van der Waals surface area contributed by atoms with Crippen LogP contribution in [0, 0.1) is 5.92 Å². The molecule has 1 aliphatic rings. The van der Waals surface area contributed by atoms with Gasteiger partial charge < -0.3 is 15.3 Å². The molecule has 0 radical (unpaired) electrons. The Morgan fingerprint density at radius 3 is 2.26 bits per heavy atom. The maximum absolute atomic E-state index is 11.8. The summed E-state index contributed by atoms with van der Waals surface area (Å²) in [7, 11) is 2.04. The van der Waals surface area contributed by atoms with Crippen molar-refractivity contribution in [3.05, 3.63) is 0 Å². The quantitative estimate of drug-likeness (QED) is 0.653. The topological polar surface area (TPSA) is 84.9 Å². The molecule has 0 spiro atoms. The average Bonchev–Trinajstić information content (AvgIpc) is 2.30. The third kappa shape index (κ3) is 5.89. The molecule has 0 aromatic rings. The largest absolute Gasteiger partial charge is 0.481 e. The Balaban J connectivity index is 2.37. The van der Waals surface area contributed by atoms with Crippen LogP contribution in [-0.2, 0) is 4.79 Å². The first-order chi connectivity index (χ1) is 8.88. The molecule has 1 saturated heterocycles. The number of carbonyl (C=O) groups excluding carboxylic acids is 1. The smallest absolute Gasteiger partial charge is 0.329 e. The lowest BCUT2D eigenvalue weighted by atomic mass is 10.0. The number of rotatable bonds is 5. The van der Waals surface area contributed by atoms with Gasteiger partial charge in [0, 0.05) is 32.2 Å². The van der Waals surface area contributed by atoms with Gasteiger partial charge in [-0.15, -0.1) is 0 Å². The molecular formula is C12H24N4O3. The summed E-state index contributed by atoms with van der Waals surface area (Å²) in [5.74, 6) is -0.826. The molecule has 3 N–H and O–H groups in total. The van der Waals surface area contributed by atoms with Crippen molar-refractivity contribution in [1.82, 2.24) is 20.7 Å². The van der Waals surface area contributed by atoms with Crippen molar-refractivity contribution in [2.45, 2.75) is 26.3 Å². The number of amides is 2. The third-order valence-electron chi connectivity index (χ3n) is 3.28. The molecule has 0 saturated carbocycles. The Labute approximate surface area is 113 Å². The molecule has 19 heavy (non-hydrogen) atoms. The fraction of sp³-hybridized carbons (Fsp3) is 0.833. The van der Waals surface area contributed by atoms with Crippen LogP contribution in [0.3, 0.4) is 0 Å². The number of piperazine rings is 1. The summed E-state index contributed by atoms with van der Waals surface area (Å²) in [6.45, 7) is 7.14. The summed E-state index contributed by atoms with van der Waals surface area (Å²) >= 11 is 0. The summed E-state index contributed by atoms with van der Waals surface area (Å²) in [6, 6.07) is -0.686. The van der Waals surface area contributed by atoms with Crippen LogP contribution in [0.15, 0.2) is 0 Å². The highest BCUT2D eigenvalue weighted by atomic mass is 16.4. The number of likely N-dealkylation sites (N-methyl/N-ethyl adjacent to an activating group) is 1. The van der Waals surface area contributed by atoms with Crippen LogP contribution in [0.25, 0.3) is 0 Å². The number of nitrogens with zero attached hydrogens (tertiary/aromatic N) is 2. The third-order valence-corrected chi connectivity index (χ3v) is 3.28.